The van der Waals surface area contributed by atoms with Gasteiger partial charge in [-0.1, -0.05) is 187 Å². The van der Waals surface area contributed by atoms with Gasteiger partial charge in [-0.25, -0.2) is 0 Å². The van der Waals surface area contributed by atoms with Gasteiger partial charge in [-0.3, -0.25) is 9.36 Å². The summed E-state index contributed by atoms with van der Waals surface area (Å²) in [6.45, 7) is 4.72. The molecule has 9 heteroatoms. The molecule has 8 nitrogen and oxygen atoms in total. The van der Waals surface area contributed by atoms with Crippen molar-refractivity contribution in [1.29, 1.82) is 0 Å². The standard InChI is InChI=1S/C45H91N2O6P/c1-6-8-10-12-14-16-18-20-22-23-25-26-28-30-32-34-36-38-44(48)43(42-53-54(50,51)52-41-40-47(3,4)5)46-45(49)39-37-35-33-31-29-27-24-21-19-17-15-13-11-9-7-2/h21,24,43-44,48H,6-20,22-23,25-42H2,1-5H3,(H-,46,49,50,51)/b24-21+/t43-,44+/m0/s1. The minimum Gasteiger partial charge on any atom is -0.756 e. The van der Waals surface area contributed by atoms with E-state index in [0.29, 0.717) is 23.9 Å². The van der Waals surface area contributed by atoms with Crippen LogP contribution in [0.4, 0.5) is 0 Å². The molecule has 0 aliphatic heterocycles. The van der Waals surface area contributed by atoms with E-state index in [1.807, 2.05) is 21.1 Å². The maximum absolute atomic E-state index is 12.9. The molecule has 0 aromatic carbocycles. The number of carbonyl (C=O) groups is 1. The van der Waals surface area contributed by atoms with E-state index in [2.05, 4.69) is 31.3 Å². The van der Waals surface area contributed by atoms with Crippen LogP contribution in [-0.2, 0) is 18.4 Å². The van der Waals surface area contributed by atoms with Crippen LogP contribution in [-0.4, -0.2) is 68.5 Å². The van der Waals surface area contributed by atoms with Crippen molar-refractivity contribution in [3.8, 4) is 0 Å². The summed E-state index contributed by atoms with van der Waals surface area (Å²) in [5.41, 5.74) is 0. The van der Waals surface area contributed by atoms with Gasteiger partial charge in [-0.15, -0.1) is 0 Å². The average molecular weight is 787 g/mol. The number of aliphatic hydroxyl groups is 1. The highest BCUT2D eigenvalue weighted by Crippen LogP contribution is 2.38. The zero-order valence-electron chi connectivity index (χ0n) is 36.4. The van der Waals surface area contributed by atoms with Crippen LogP contribution in [0, 0.1) is 0 Å². The van der Waals surface area contributed by atoms with Crippen molar-refractivity contribution >= 4 is 13.7 Å². The Morgan fingerprint density at radius 1 is 0.630 bits per heavy atom. The molecule has 54 heavy (non-hydrogen) atoms. The number of amides is 1. The first-order valence-corrected chi connectivity index (χ1v) is 24.5. The molecule has 1 amide bonds. The van der Waals surface area contributed by atoms with Crippen LogP contribution in [0.5, 0.6) is 0 Å². The van der Waals surface area contributed by atoms with E-state index < -0.39 is 20.0 Å². The number of allylic oxidation sites excluding steroid dienone is 2. The van der Waals surface area contributed by atoms with Crippen molar-refractivity contribution in [2.45, 2.75) is 231 Å². The molecule has 0 bridgehead atoms. The summed E-state index contributed by atoms with van der Waals surface area (Å²) >= 11 is 0. The van der Waals surface area contributed by atoms with E-state index in [0.717, 1.165) is 51.4 Å². The van der Waals surface area contributed by atoms with Crippen LogP contribution >= 0.6 is 7.82 Å². The Morgan fingerprint density at radius 3 is 1.44 bits per heavy atom. The summed E-state index contributed by atoms with van der Waals surface area (Å²) < 4.78 is 23.3. The van der Waals surface area contributed by atoms with Crippen molar-refractivity contribution < 1.29 is 32.9 Å². The van der Waals surface area contributed by atoms with Gasteiger partial charge in [0.25, 0.3) is 7.82 Å². The van der Waals surface area contributed by atoms with Crippen molar-refractivity contribution in [3.05, 3.63) is 12.2 Å². The zero-order valence-corrected chi connectivity index (χ0v) is 37.3. The van der Waals surface area contributed by atoms with Gasteiger partial charge >= 0.3 is 0 Å². The highest BCUT2D eigenvalue weighted by molar-refractivity contribution is 7.45. The molecule has 0 aromatic heterocycles. The lowest BCUT2D eigenvalue weighted by molar-refractivity contribution is -0.870. The minimum atomic E-state index is -4.56. The van der Waals surface area contributed by atoms with E-state index in [-0.39, 0.29) is 19.1 Å². The molecule has 0 aromatic rings. The summed E-state index contributed by atoms with van der Waals surface area (Å²) in [6, 6.07) is -0.800. The van der Waals surface area contributed by atoms with E-state index in [9.17, 15) is 19.4 Å². The highest BCUT2D eigenvalue weighted by Gasteiger charge is 2.24. The van der Waals surface area contributed by atoms with Gasteiger partial charge in [0.2, 0.25) is 5.91 Å². The van der Waals surface area contributed by atoms with E-state index in [1.165, 1.54) is 141 Å². The van der Waals surface area contributed by atoms with Crippen LogP contribution in [0.15, 0.2) is 12.2 Å². The number of hydrogen-bond donors (Lipinski definition) is 2. The van der Waals surface area contributed by atoms with Gasteiger partial charge < -0.3 is 28.8 Å². The summed E-state index contributed by atoms with van der Waals surface area (Å²) in [5.74, 6) is -0.172. The topological polar surface area (TPSA) is 108 Å². The molecular weight excluding hydrogens is 695 g/mol. The maximum Gasteiger partial charge on any atom is 0.268 e. The molecule has 0 spiro atoms. The second kappa shape index (κ2) is 37.8. The molecule has 0 rings (SSSR count). The molecule has 3 atom stereocenters. The number of phosphoric acid groups is 1. The van der Waals surface area contributed by atoms with Crippen molar-refractivity contribution in [2.24, 2.45) is 0 Å². The number of unbranched alkanes of at least 4 members (excludes halogenated alkanes) is 27. The van der Waals surface area contributed by atoms with Gasteiger partial charge in [-0.05, 0) is 38.5 Å². The number of phosphoric ester groups is 1. The molecule has 1 unspecified atom stereocenters. The Morgan fingerprint density at radius 2 is 1.02 bits per heavy atom. The van der Waals surface area contributed by atoms with E-state index in [4.69, 9.17) is 9.05 Å². The monoisotopic (exact) mass is 787 g/mol. The first-order chi connectivity index (χ1) is 26.0. The Balaban J connectivity index is 4.34. The molecule has 2 N–H and O–H groups in total. The third-order valence-corrected chi connectivity index (χ3v) is 11.5. The van der Waals surface area contributed by atoms with Crippen molar-refractivity contribution in [2.75, 3.05) is 40.9 Å². The quantitative estimate of drug-likeness (QED) is 0.0276. The number of likely N-dealkylation sites (N-methyl/N-ethyl adjacent to an activating group) is 1. The summed E-state index contributed by atoms with van der Waals surface area (Å²) in [4.78, 5) is 25.3. The van der Waals surface area contributed by atoms with E-state index >= 15 is 0 Å². The zero-order chi connectivity index (χ0) is 40.0. The Hall–Kier alpha value is -0.760. The smallest absolute Gasteiger partial charge is 0.268 e. The highest BCUT2D eigenvalue weighted by atomic mass is 31.2. The fourth-order valence-electron chi connectivity index (χ4n) is 6.80. The number of aliphatic hydroxyl groups excluding tert-OH is 1. The fourth-order valence-corrected chi connectivity index (χ4v) is 7.52. The largest absolute Gasteiger partial charge is 0.756 e. The molecule has 0 saturated carbocycles. The minimum absolute atomic E-state index is 0.0125. The Bertz CT molecular complexity index is 896. The number of nitrogens with one attached hydrogen (secondary N) is 1. The number of quaternary nitrogens is 1. The molecular formula is C45H91N2O6P. The Labute approximate surface area is 335 Å². The van der Waals surface area contributed by atoms with Gasteiger partial charge in [0, 0.05) is 6.42 Å². The third kappa shape index (κ3) is 39.5. The van der Waals surface area contributed by atoms with Crippen LogP contribution < -0.4 is 10.2 Å². The molecule has 322 valence electrons. The normalized spacial score (nSPS) is 14.4. The van der Waals surface area contributed by atoms with Crippen molar-refractivity contribution in [3.63, 3.8) is 0 Å². The second-order valence-corrected chi connectivity index (χ2v) is 18.5. The van der Waals surface area contributed by atoms with Crippen LogP contribution in [0.3, 0.4) is 0 Å². The Kier molecular flexibility index (Phi) is 37.3. The maximum atomic E-state index is 12.9. The second-order valence-electron chi connectivity index (χ2n) is 17.1. The number of hydrogen-bond acceptors (Lipinski definition) is 6. The van der Waals surface area contributed by atoms with Gasteiger partial charge in [0.05, 0.1) is 39.9 Å². The molecule has 0 saturated heterocycles. The average Bonchev–Trinajstić information content (AvgIpc) is 3.12. The van der Waals surface area contributed by atoms with Crippen LogP contribution in [0.25, 0.3) is 0 Å². The van der Waals surface area contributed by atoms with Gasteiger partial charge in [0.15, 0.2) is 0 Å². The van der Waals surface area contributed by atoms with Crippen LogP contribution in [0.1, 0.15) is 219 Å². The SMILES string of the molecule is CCCCCCCC/C=C/CCCCCCCC(=O)N[C@@H](COP(=O)([O-])OCC[N+](C)(C)C)[C@H](O)CCCCCCCCCCCCCCCCCCC. The molecule has 0 fully saturated rings. The first-order valence-electron chi connectivity index (χ1n) is 23.0. The predicted molar refractivity (Wildman–Crippen MR) is 229 cm³/mol. The first kappa shape index (κ1) is 53.2. The lowest BCUT2D eigenvalue weighted by Crippen LogP contribution is -2.46. The van der Waals surface area contributed by atoms with Crippen LogP contribution in [0.2, 0.25) is 0 Å². The summed E-state index contributed by atoms with van der Waals surface area (Å²) in [5, 5.41) is 13.9. The lowest BCUT2D eigenvalue weighted by Gasteiger charge is -2.30. The molecule has 0 aliphatic carbocycles. The third-order valence-electron chi connectivity index (χ3n) is 10.5. The summed E-state index contributed by atoms with van der Waals surface area (Å²) in [6.07, 6.45) is 42.1. The van der Waals surface area contributed by atoms with Crippen molar-refractivity contribution in [1.82, 2.24) is 5.32 Å². The number of carbonyl (C=O) groups excluding carboxylic acids is 1. The molecule has 0 radical (unpaired) electrons. The molecule has 0 aliphatic rings. The summed E-state index contributed by atoms with van der Waals surface area (Å²) in [7, 11) is 1.31. The van der Waals surface area contributed by atoms with Gasteiger partial charge in [-0.2, -0.15) is 0 Å². The number of rotatable bonds is 42. The lowest BCUT2D eigenvalue weighted by atomic mass is 10.0. The number of nitrogens with zero attached hydrogens (tertiary/aromatic N) is 1. The van der Waals surface area contributed by atoms with E-state index in [1.54, 1.807) is 0 Å². The van der Waals surface area contributed by atoms with Gasteiger partial charge in [0.1, 0.15) is 13.2 Å². The fraction of sp³-hybridized carbons (Fsp3) is 0.933. The molecule has 0 heterocycles. The predicted octanol–water partition coefficient (Wildman–Crippen LogP) is 12.1.